The Morgan fingerprint density at radius 1 is 1.23 bits per heavy atom. The van der Waals surface area contributed by atoms with Crippen molar-refractivity contribution in [2.75, 3.05) is 52.6 Å². The molecule has 0 saturated carbocycles. The standard InChI is InChI=1S/C18H32N4O3S/c1-6-22(7-2)26(23,24)15-12-20-18(19-4)21(5)13-14-25-17-11-9-8-10-16(17)3/h8-11H,6-7,12-15H2,1-5H3,(H,19,20). The van der Waals surface area contributed by atoms with Gasteiger partial charge >= 0.3 is 0 Å². The molecule has 0 fully saturated rings. The van der Waals surface area contributed by atoms with Gasteiger partial charge in [-0.15, -0.1) is 0 Å². The normalized spacial score (nSPS) is 12.3. The molecule has 0 spiro atoms. The molecule has 1 aromatic carbocycles. The van der Waals surface area contributed by atoms with E-state index in [9.17, 15) is 8.42 Å². The molecule has 0 aromatic heterocycles. The van der Waals surface area contributed by atoms with Crippen molar-refractivity contribution in [3.05, 3.63) is 29.8 Å². The van der Waals surface area contributed by atoms with Crippen LogP contribution in [0.25, 0.3) is 0 Å². The van der Waals surface area contributed by atoms with Crippen molar-refractivity contribution in [1.82, 2.24) is 14.5 Å². The molecule has 1 N–H and O–H groups in total. The molecule has 0 saturated heterocycles. The van der Waals surface area contributed by atoms with Crippen molar-refractivity contribution in [3.63, 3.8) is 0 Å². The Morgan fingerprint density at radius 2 is 1.88 bits per heavy atom. The molecule has 7 nitrogen and oxygen atoms in total. The smallest absolute Gasteiger partial charge is 0.215 e. The van der Waals surface area contributed by atoms with Crippen LogP contribution in [0.15, 0.2) is 29.3 Å². The van der Waals surface area contributed by atoms with Crippen LogP contribution in [-0.4, -0.2) is 76.2 Å². The molecule has 0 atom stereocenters. The predicted octanol–water partition coefficient (Wildman–Crippen LogP) is 1.55. The molecule has 0 amide bonds. The van der Waals surface area contributed by atoms with E-state index in [0.717, 1.165) is 11.3 Å². The number of nitrogens with zero attached hydrogens (tertiary/aromatic N) is 3. The van der Waals surface area contributed by atoms with Crippen molar-refractivity contribution in [1.29, 1.82) is 0 Å². The topological polar surface area (TPSA) is 74.2 Å². The lowest BCUT2D eigenvalue weighted by atomic mass is 10.2. The molecule has 148 valence electrons. The van der Waals surface area contributed by atoms with Crippen LogP contribution < -0.4 is 10.1 Å². The van der Waals surface area contributed by atoms with Crippen molar-refractivity contribution < 1.29 is 13.2 Å². The van der Waals surface area contributed by atoms with Crippen molar-refractivity contribution in [2.45, 2.75) is 20.8 Å². The third-order valence-electron chi connectivity index (χ3n) is 4.09. The Hall–Kier alpha value is -1.80. The van der Waals surface area contributed by atoms with E-state index in [1.165, 1.54) is 4.31 Å². The summed E-state index contributed by atoms with van der Waals surface area (Å²) in [6, 6.07) is 7.88. The van der Waals surface area contributed by atoms with Gasteiger partial charge in [-0.3, -0.25) is 4.99 Å². The largest absolute Gasteiger partial charge is 0.491 e. The molecule has 1 aromatic rings. The summed E-state index contributed by atoms with van der Waals surface area (Å²) in [5.74, 6) is 1.56. The molecule has 0 unspecified atom stereocenters. The van der Waals surface area contributed by atoms with Crippen molar-refractivity contribution >= 4 is 16.0 Å². The summed E-state index contributed by atoms with van der Waals surface area (Å²) in [7, 11) is 0.342. The summed E-state index contributed by atoms with van der Waals surface area (Å²) in [5.41, 5.74) is 1.10. The number of hydrogen-bond donors (Lipinski definition) is 1. The SMILES string of the molecule is CCN(CC)S(=O)(=O)CCNC(=NC)N(C)CCOc1ccccc1C. The van der Waals surface area contributed by atoms with E-state index in [2.05, 4.69) is 10.3 Å². The number of likely N-dealkylation sites (N-methyl/N-ethyl adjacent to an activating group) is 1. The van der Waals surface area contributed by atoms with Crippen LogP contribution in [0.5, 0.6) is 5.75 Å². The number of benzene rings is 1. The summed E-state index contributed by atoms with van der Waals surface area (Å²) >= 11 is 0. The highest BCUT2D eigenvalue weighted by molar-refractivity contribution is 7.89. The number of para-hydroxylation sites is 1. The lowest BCUT2D eigenvalue weighted by Gasteiger charge is -2.23. The van der Waals surface area contributed by atoms with E-state index in [1.54, 1.807) is 7.05 Å². The van der Waals surface area contributed by atoms with Gasteiger partial charge in [0.1, 0.15) is 12.4 Å². The summed E-state index contributed by atoms with van der Waals surface area (Å²) in [6.07, 6.45) is 0. The second-order valence-corrected chi connectivity index (χ2v) is 8.00. The quantitative estimate of drug-likeness (QED) is 0.489. The van der Waals surface area contributed by atoms with Crippen LogP contribution in [-0.2, 0) is 10.0 Å². The zero-order chi connectivity index (χ0) is 19.6. The molecular formula is C18H32N4O3S. The number of guanidine groups is 1. The minimum atomic E-state index is -3.24. The molecule has 1 rings (SSSR count). The third kappa shape index (κ3) is 6.84. The summed E-state index contributed by atoms with van der Waals surface area (Å²) < 4.78 is 31.7. The molecule has 0 heterocycles. The first-order valence-corrected chi connectivity index (χ1v) is 10.5. The minimum Gasteiger partial charge on any atom is -0.491 e. The van der Waals surface area contributed by atoms with Crippen LogP contribution in [0.4, 0.5) is 0 Å². The highest BCUT2D eigenvalue weighted by atomic mass is 32.2. The molecule has 26 heavy (non-hydrogen) atoms. The summed E-state index contributed by atoms with van der Waals surface area (Å²) in [6.45, 7) is 8.14. The van der Waals surface area contributed by atoms with Gasteiger partial charge in [-0.2, -0.15) is 0 Å². The Kier molecular flexibility index (Phi) is 9.43. The van der Waals surface area contributed by atoms with Gasteiger partial charge in [0.25, 0.3) is 0 Å². The molecule has 0 aliphatic carbocycles. The van der Waals surface area contributed by atoms with E-state index in [4.69, 9.17) is 4.74 Å². The van der Waals surface area contributed by atoms with Crippen molar-refractivity contribution in [3.8, 4) is 5.75 Å². The summed E-state index contributed by atoms with van der Waals surface area (Å²) in [4.78, 5) is 6.12. The minimum absolute atomic E-state index is 0.0429. The van der Waals surface area contributed by atoms with Gasteiger partial charge in [0.15, 0.2) is 5.96 Å². The van der Waals surface area contributed by atoms with Crippen LogP contribution in [0.3, 0.4) is 0 Å². The first-order valence-electron chi connectivity index (χ1n) is 8.93. The van der Waals surface area contributed by atoms with E-state index >= 15 is 0 Å². The van der Waals surface area contributed by atoms with Crippen LogP contribution >= 0.6 is 0 Å². The van der Waals surface area contributed by atoms with E-state index < -0.39 is 10.0 Å². The average Bonchev–Trinajstić information content (AvgIpc) is 2.61. The zero-order valence-electron chi connectivity index (χ0n) is 16.5. The van der Waals surface area contributed by atoms with E-state index in [-0.39, 0.29) is 5.75 Å². The number of rotatable bonds is 10. The maximum Gasteiger partial charge on any atom is 0.215 e. The van der Waals surface area contributed by atoms with Gasteiger partial charge in [0.05, 0.1) is 12.3 Å². The second kappa shape index (κ2) is 11.0. The molecule has 0 aliphatic rings. The van der Waals surface area contributed by atoms with Gasteiger partial charge < -0.3 is 15.0 Å². The molecular weight excluding hydrogens is 352 g/mol. The number of hydrogen-bond acceptors (Lipinski definition) is 4. The third-order valence-corrected chi connectivity index (χ3v) is 6.12. The predicted molar refractivity (Wildman–Crippen MR) is 107 cm³/mol. The Labute approximate surface area is 158 Å². The van der Waals surface area contributed by atoms with Gasteiger partial charge in [0.2, 0.25) is 10.0 Å². The monoisotopic (exact) mass is 384 g/mol. The lowest BCUT2D eigenvalue weighted by molar-refractivity contribution is 0.280. The molecule has 0 aliphatic heterocycles. The molecule has 8 heteroatoms. The molecule has 0 bridgehead atoms. The fourth-order valence-electron chi connectivity index (χ4n) is 2.54. The van der Waals surface area contributed by atoms with Crippen molar-refractivity contribution in [2.24, 2.45) is 4.99 Å². The van der Waals surface area contributed by atoms with Crippen LogP contribution in [0, 0.1) is 6.92 Å². The van der Waals surface area contributed by atoms with Gasteiger partial charge in [-0.25, -0.2) is 12.7 Å². The zero-order valence-corrected chi connectivity index (χ0v) is 17.3. The number of aliphatic imine (C=N–C) groups is 1. The highest BCUT2D eigenvalue weighted by Crippen LogP contribution is 2.15. The Morgan fingerprint density at radius 3 is 2.46 bits per heavy atom. The number of ether oxygens (including phenoxy) is 1. The fourth-order valence-corrected chi connectivity index (χ4v) is 3.94. The maximum atomic E-state index is 12.2. The number of sulfonamides is 1. The van der Waals surface area contributed by atoms with Gasteiger partial charge in [-0.1, -0.05) is 32.0 Å². The fraction of sp³-hybridized carbons (Fsp3) is 0.611. The summed E-state index contributed by atoms with van der Waals surface area (Å²) in [5, 5.41) is 3.10. The molecule has 0 radical (unpaired) electrons. The highest BCUT2D eigenvalue weighted by Gasteiger charge is 2.18. The number of nitrogens with one attached hydrogen (secondary N) is 1. The van der Waals surface area contributed by atoms with E-state index in [1.807, 2.05) is 57.0 Å². The first-order chi connectivity index (χ1) is 12.4. The van der Waals surface area contributed by atoms with Crippen LogP contribution in [0.2, 0.25) is 0 Å². The van der Waals surface area contributed by atoms with Crippen LogP contribution in [0.1, 0.15) is 19.4 Å². The Balaban J connectivity index is 2.44. The first kappa shape index (κ1) is 22.2. The second-order valence-electron chi connectivity index (χ2n) is 5.91. The van der Waals surface area contributed by atoms with Gasteiger partial charge in [0, 0.05) is 33.7 Å². The number of aryl methyl sites for hydroxylation is 1. The van der Waals surface area contributed by atoms with Gasteiger partial charge in [-0.05, 0) is 18.6 Å². The average molecular weight is 385 g/mol. The Bertz CT molecular complexity index is 673. The van der Waals surface area contributed by atoms with E-state index in [0.29, 0.717) is 38.7 Å². The maximum absolute atomic E-state index is 12.2. The lowest BCUT2D eigenvalue weighted by Crippen LogP contribution is -2.44.